The SMILES string of the molecule is CC(C)C(NC(=O)CCCCCN1C(=O)C=CC1=O)C(=O)N[C@@H](C)C(=O)C(C)(C)C. The van der Waals surface area contributed by atoms with Crippen molar-refractivity contribution < 1.29 is 24.0 Å². The molecule has 1 heterocycles. The number of ketones is 1. The zero-order chi connectivity index (χ0) is 23.1. The summed E-state index contributed by atoms with van der Waals surface area (Å²) in [4.78, 5) is 61.3. The van der Waals surface area contributed by atoms with E-state index in [1.165, 1.54) is 17.1 Å². The van der Waals surface area contributed by atoms with E-state index < -0.39 is 17.5 Å². The lowest BCUT2D eigenvalue weighted by molar-refractivity contribution is -0.137. The third kappa shape index (κ3) is 7.72. The molecule has 0 saturated carbocycles. The summed E-state index contributed by atoms with van der Waals surface area (Å²) in [7, 11) is 0. The third-order valence-electron chi connectivity index (χ3n) is 4.94. The van der Waals surface area contributed by atoms with Crippen LogP contribution in [0.2, 0.25) is 0 Å². The van der Waals surface area contributed by atoms with Crippen molar-refractivity contribution in [1.29, 1.82) is 0 Å². The quantitative estimate of drug-likeness (QED) is 0.390. The van der Waals surface area contributed by atoms with E-state index in [9.17, 15) is 24.0 Å². The molecule has 1 aliphatic heterocycles. The van der Waals surface area contributed by atoms with Crippen molar-refractivity contribution in [3.05, 3.63) is 12.2 Å². The first-order chi connectivity index (χ1) is 13.8. The lowest BCUT2D eigenvalue weighted by Crippen LogP contribution is -2.54. The van der Waals surface area contributed by atoms with Crippen LogP contribution in [0.4, 0.5) is 0 Å². The first kappa shape index (κ1) is 25.5. The Labute approximate surface area is 178 Å². The molecule has 8 nitrogen and oxygen atoms in total. The second kappa shape index (κ2) is 11.0. The summed E-state index contributed by atoms with van der Waals surface area (Å²) < 4.78 is 0. The lowest BCUT2D eigenvalue weighted by atomic mass is 9.87. The van der Waals surface area contributed by atoms with Gasteiger partial charge in [0.15, 0.2) is 5.78 Å². The number of carbonyl (C=O) groups is 5. The highest BCUT2D eigenvalue weighted by molar-refractivity contribution is 6.12. The molecule has 0 saturated heterocycles. The van der Waals surface area contributed by atoms with E-state index in [2.05, 4.69) is 10.6 Å². The van der Waals surface area contributed by atoms with E-state index in [1.54, 1.807) is 27.7 Å². The van der Waals surface area contributed by atoms with Gasteiger partial charge in [0.05, 0.1) is 6.04 Å². The molecule has 0 bridgehead atoms. The molecule has 168 valence electrons. The Kier molecular flexibility index (Phi) is 9.39. The lowest BCUT2D eigenvalue weighted by Gasteiger charge is -2.26. The molecule has 1 rings (SSSR count). The maximum atomic E-state index is 12.6. The molecule has 0 aromatic heterocycles. The van der Waals surface area contributed by atoms with Crippen molar-refractivity contribution in [3.8, 4) is 0 Å². The highest BCUT2D eigenvalue weighted by Crippen LogP contribution is 2.17. The fourth-order valence-corrected chi connectivity index (χ4v) is 3.18. The van der Waals surface area contributed by atoms with Crippen molar-refractivity contribution in [2.24, 2.45) is 11.3 Å². The van der Waals surface area contributed by atoms with Gasteiger partial charge in [0.2, 0.25) is 11.8 Å². The molecule has 0 fully saturated rings. The van der Waals surface area contributed by atoms with Gasteiger partial charge in [-0.25, -0.2) is 0 Å². The number of nitrogens with one attached hydrogen (secondary N) is 2. The Morgan fingerprint density at radius 2 is 1.50 bits per heavy atom. The molecule has 0 radical (unpaired) electrons. The number of rotatable bonds is 11. The molecule has 0 spiro atoms. The summed E-state index contributed by atoms with van der Waals surface area (Å²) in [5, 5.41) is 5.46. The monoisotopic (exact) mass is 421 g/mol. The van der Waals surface area contributed by atoms with Gasteiger partial charge in [-0.2, -0.15) is 0 Å². The van der Waals surface area contributed by atoms with E-state index in [1.807, 2.05) is 13.8 Å². The van der Waals surface area contributed by atoms with Crippen LogP contribution in [0.5, 0.6) is 0 Å². The number of hydrogen-bond acceptors (Lipinski definition) is 5. The number of hydrogen-bond donors (Lipinski definition) is 2. The normalized spacial score (nSPS) is 16.0. The second-order valence-corrected chi connectivity index (χ2v) is 9.11. The molecule has 2 atom stereocenters. The maximum Gasteiger partial charge on any atom is 0.253 e. The van der Waals surface area contributed by atoms with Crippen molar-refractivity contribution in [1.82, 2.24) is 15.5 Å². The number of amides is 4. The zero-order valence-electron chi connectivity index (χ0n) is 18.9. The van der Waals surface area contributed by atoms with Gasteiger partial charge in [-0.1, -0.05) is 41.0 Å². The molecule has 8 heteroatoms. The molecular weight excluding hydrogens is 386 g/mol. The predicted molar refractivity (Wildman–Crippen MR) is 113 cm³/mol. The van der Waals surface area contributed by atoms with Gasteiger partial charge in [0.1, 0.15) is 6.04 Å². The minimum absolute atomic E-state index is 0.0742. The molecule has 0 aromatic carbocycles. The Balaban J connectivity index is 2.42. The predicted octanol–water partition coefficient (Wildman–Crippen LogP) is 1.73. The minimum atomic E-state index is -0.723. The Morgan fingerprint density at radius 3 is 2.00 bits per heavy atom. The Bertz CT molecular complexity index is 688. The van der Waals surface area contributed by atoms with Crippen molar-refractivity contribution >= 4 is 29.4 Å². The summed E-state index contributed by atoms with van der Waals surface area (Å²) in [6.07, 6.45) is 4.63. The van der Waals surface area contributed by atoms with Crippen LogP contribution in [0.25, 0.3) is 0 Å². The highest BCUT2D eigenvalue weighted by Gasteiger charge is 2.31. The number of unbranched alkanes of at least 4 members (excludes halogenated alkanes) is 2. The Hall–Kier alpha value is -2.51. The van der Waals surface area contributed by atoms with Crippen LogP contribution in [0.1, 0.15) is 67.2 Å². The van der Waals surface area contributed by atoms with E-state index in [4.69, 9.17) is 0 Å². The van der Waals surface area contributed by atoms with E-state index in [0.29, 0.717) is 25.8 Å². The molecule has 2 N–H and O–H groups in total. The minimum Gasteiger partial charge on any atom is -0.345 e. The summed E-state index contributed by atoms with van der Waals surface area (Å²) >= 11 is 0. The molecule has 4 amide bonds. The average Bonchev–Trinajstić information content (AvgIpc) is 2.95. The topological polar surface area (TPSA) is 113 Å². The smallest absolute Gasteiger partial charge is 0.253 e. The number of nitrogens with zero attached hydrogens (tertiary/aromatic N) is 1. The third-order valence-corrected chi connectivity index (χ3v) is 4.94. The second-order valence-electron chi connectivity index (χ2n) is 9.11. The maximum absolute atomic E-state index is 12.6. The largest absolute Gasteiger partial charge is 0.345 e. The molecule has 1 unspecified atom stereocenters. The highest BCUT2D eigenvalue weighted by atomic mass is 16.2. The first-order valence-electron chi connectivity index (χ1n) is 10.5. The number of imide groups is 1. The van der Waals surface area contributed by atoms with Gasteiger partial charge in [-0.15, -0.1) is 0 Å². The fraction of sp³-hybridized carbons (Fsp3) is 0.682. The fourth-order valence-electron chi connectivity index (χ4n) is 3.18. The average molecular weight is 422 g/mol. The van der Waals surface area contributed by atoms with Gasteiger partial charge in [-0.3, -0.25) is 28.9 Å². The van der Waals surface area contributed by atoms with Crippen LogP contribution in [0.15, 0.2) is 12.2 Å². The standard InChI is InChI=1S/C22H35N3O5/c1-14(2)19(21(30)23-15(3)20(29)22(4,5)6)24-16(26)10-8-7-9-13-25-17(27)11-12-18(25)28/h11-12,14-15,19H,7-10,13H2,1-6H3,(H,23,30)(H,24,26)/t15-,19?/m0/s1. The van der Waals surface area contributed by atoms with Crippen LogP contribution in [0, 0.1) is 11.3 Å². The summed E-state index contributed by atoms with van der Waals surface area (Å²) in [5.74, 6) is -1.43. The molecular formula is C22H35N3O5. The zero-order valence-corrected chi connectivity index (χ0v) is 18.9. The van der Waals surface area contributed by atoms with Gasteiger partial charge in [0, 0.05) is 30.5 Å². The van der Waals surface area contributed by atoms with Crippen LogP contribution < -0.4 is 10.6 Å². The van der Waals surface area contributed by atoms with Crippen molar-refractivity contribution in [3.63, 3.8) is 0 Å². The van der Waals surface area contributed by atoms with Gasteiger partial charge < -0.3 is 10.6 Å². The first-order valence-corrected chi connectivity index (χ1v) is 10.5. The van der Waals surface area contributed by atoms with Gasteiger partial charge >= 0.3 is 0 Å². The molecule has 0 aliphatic carbocycles. The number of carbonyl (C=O) groups excluding carboxylic acids is 5. The molecule has 0 aromatic rings. The Morgan fingerprint density at radius 1 is 0.933 bits per heavy atom. The van der Waals surface area contributed by atoms with E-state index in [-0.39, 0.29) is 41.8 Å². The van der Waals surface area contributed by atoms with Crippen molar-refractivity contribution in [2.45, 2.75) is 79.3 Å². The summed E-state index contributed by atoms with van der Waals surface area (Å²) in [6, 6.07) is -1.36. The number of Topliss-reactive ketones (excluding diaryl/α,β-unsaturated/α-hetero) is 1. The molecule has 30 heavy (non-hydrogen) atoms. The van der Waals surface area contributed by atoms with Crippen LogP contribution in [0.3, 0.4) is 0 Å². The van der Waals surface area contributed by atoms with Gasteiger partial charge in [0.25, 0.3) is 11.8 Å². The van der Waals surface area contributed by atoms with Crippen LogP contribution in [-0.4, -0.2) is 52.9 Å². The summed E-state index contributed by atoms with van der Waals surface area (Å²) in [5.41, 5.74) is -0.566. The van der Waals surface area contributed by atoms with Crippen LogP contribution >= 0.6 is 0 Å². The molecule has 1 aliphatic rings. The van der Waals surface area contributed by atoms with E-state index in [0.717, 1.165) is 0 Å². The van der Waals surface area contributed by atoms with Gasteiger partial charge in [-0.05, 0) is 25.7 Å². The van der Waals surface area contributed by atoms with Crippen LogP contribution in [-0.2, 0) is 24.0 Å². The van der Waals surface area contributed by atoms with E-state index >= 15 is 0 Å². The van der Waals surface area contributed by atoms with Crippen molar-refractivity contribution in [2.75, 3.05) is 6.54 Å². The summed E-state index contributed by atoms with van der Waals surface area (Å²) in [6.45, 7) is 11.0.